The van der Waals surface area contributed by atoms with Crippen molar-refractivity contribution in [3.05, 3.63) is 0 Å². The molecular formula is C7H15N. The van der Waals surface area contributed by atoms with Crippen LogP contribution in [0.2, 0.25) is 0 Å². The van der Waals surface area contributed by atoms with Crippen molar-refractivity contribution in [2.75, 3.05) is 6.54 Å². The molecule has 1 heterocycles. The summed E-state index contributed by atoms with van der Waals surface area (Å²) < 4.78 is 0. The summed E-state index contributed by atoms with van der Waals surface area (Å²) in [5.41, 5.74) is 0. The Morgan fingerprint density at radius 3 is 2.75 bits per heavy atom. The van der Waals surface area contributed by atoms with Gasteiger partial charge in [0.2, 0.25) is 0 Å². The Balaban J connectivity index is 1.86. The molecular weight excluding hydrogens is 98.1 g/mol. The van der Waals surface area contributed by atoms with E-state index in [2.05, 4.69) is 12.2 Å². The van der Waals surface area contributed by atoms with Crippen molar-refractivity contribution in [1.29, 1.82) is 0 Å². The average molecular weight is 113 g/mol. The molecule has 0 saturated carbocycles. The van der Waals surface area contributed by atoms with E-state index in [9.17, 15) is 0 Å². The van der Waals surface area contributed by atoms with Crippen LogP contribution < -0.4 is 5.32 Å². The Kier molecular flexibility index (Phi) is 2.34. The fourth-order valence-electron chi connectivity index (χ4n) is 1.05. The van der Waals surface area contributed by atoms with E-state index in [0.29, 0.717) is 0 Å². The van der Waals surface area contributed by atoms with E-state index in [1.165, 1.54) is 32.2 Å². The van der Waals surface area contributed by atoms with E-state index in [1.54, 1.807) is 0 Å². The van der Waals surface area contributed by atoms with Gasteiger partial charge >= 0.3 is 0 Å². The molecule has 1 saturated heterocycles. The lowest BCUT2D eigenvalue weighted by molar-refractivity contribution is 0.343. The van der Waals surface area contributed by atoms with E-state index in [1.807, 2.05) is 0 Å². The third-order valence-corrected chi connectivity index (χ3v) is 1.83. The topological polar surface area (TPSA) is 12.0 Å². The van der Waals surface area contributed by atoms with Crippen molar-refractivity contribution in [2.24, 2.45) is 0 Å². The van der Waals surface area contributed by atoms with Crippen LogP contribution in [0.15, 0.2) is 0 Å². The van der Waals surface area contributed by atoms with Crippen molar-refractivity contribution >= 4 is 0 Å². The van der Waals surface area contributed by atoms with Crippen molar-refractivity contribution < 1.29 is 0 Å². The molecule has 48 valence electrons. The number of unbranched alkanes of at least 4 members (excludes halogenated alkanes) is 1. The molecule has 8 heavy (non-hydrogen) atoms. The monoisotopic (exact) mass is 113 g/mol. The molecule has 0 radical (unpaired) electrons. The fraction of sp³-hybridized carbons (Fsp3) is 1.00. The smallest absolute Gasteiger partial charge is 0.00791 e. The van der Waals surface area contributed by atoms with Gasteiger partial charge in [-0.2, -0.15) is 0 Å². The lowest BCUT2D eigenvalue weighted by atomic mass is 10.0. The minimum atomic E-state index is 0.884. The number of nitrogens with one attached hydrogen (secondary N) is 1. The summed E-state index contributed by atoms with van der Waals surface area (Å²) in [6.07, 6.45) is 5.56. The summed E-state index contributed by atoms with van der Waals surface area (Å²) in [6, 6.07) is 0.884. The molecule has 1 atom stereocenters. The summed E-state index contributed by atoms with van der Waals surface area (Å²) in [7, 11) is 0. The highest BCUT2D eigenvalue weighted by Gasteiger charge is 2.13. The van der Waals surface area contributed by atoms with Crippen LogP contribution in [0, 0.1) is 0 Å². The molecule has 0 aromatic carbocycles. The SMILES string of the molecule is CCCCC1CCN1. The van der Waals surface area contributed by atoms with Gasteiger partial charge in [0.1, 0.15) is 0 Å². The van der Waals surface area contributed by atoms with Crippen LogP contribution in [0.4, 0.5) is 0 Å². The molecule has 0 spiro atoms. The molecule has 1 aliphatic rings. The van der Waals surface area contributed by atoms with Crippen LogP contribution in [0.25, 0.3) is 0 Å². The van der Waals surface area contributed by atoms with Gasteiger partial charge < -0.3 is 5.32 Å². The second-order valence-corrected chi connectivity index (χ2v) is 2.58. The van der Waals surface area contributed by atoms with Crippen LogP contribution in [-0.4, -0.2) is 12.6 Å². The molecule has 0 aromatic rings. The lowest BCUT2D eigenvalue weighted by Crippen LogP contribution is -2.42. The number of rotatable bonds is 3. The standard InChI is InChI=1S/C7H15N/c1-2-3-4-7-5-6-8-7/h7-8H,2-6H2,1H3. The van der Waals surface area contributed by atoms with Crippen LogP contribution in [0.5, 0.6) is 0 Å². The maximum Gasteiger partial charge on any atom is 0.00791 e. The van der Waals surface area contributed by atoms with Crippen molar-refractivity contribution in [1.82, 2.24) is 5.32 Å². The molecule has 1 N–H and O–H groups in total. The van der Waals surface area contributed by atoms with Gasteiger partial charge in [-0.25, -0.2) is 0 Å². The molecule has 1 aliphatic heterocycles. The third-order valence-electron chi connectivity index (χ3n) is 1.83. The minimum absolute atomic E-state index is 0.884. The summed E-state index contributed by atoms with van der Waals surface area (Å²) >= 11 is 0. The summed E-state index contributed by atoms with van der Waals surface area (Å²) in [5.74, 6) is 0. The number of hydrogen-bond acceptors (Lipinski definition) is 1. The predicted molar refractivity (Wildman–Crippen MR) is 35.9 cm³/mol. The maximum absolute atomic E-state index is 3.38. The average Bonchev–Trinajstić information content (AvgIpc) is 1.63. The summed E-state index contributed by atoms with van der Waals surface area (Å²) in [4.78, 5) is 0. The Bertz CT molecular complexity index is 57.4. The first-order chi connectivity index (χ1) is 3.93. The van der Waals surface area contributed by atoms with Gasteiger partial charge in [0.25, 0.3) is 0 Å². The second-order valence-electron chi connectivity index (χ2n) is 2.58. The predicted octanol–water partition coefficient (Wildman–Crippen LogP) is 1.54. The van der Waals surface area contributed by atoms with E-state index in [4.69, 9.17) is 0 Å². The van der Waals surface area contributed by atoms with E-state index < -0.39 is 0 Å². The third kappa shape index (κ3) is 1.48. The number of hydrogen-bond donors (Lipinski definition) is 1. The fourth-order valence-corrected chi connectivity index (χ4v) is 1.05. The van der Waals surface area contributed by atoms with Gasteiger partial charge in [0.15, 0.2) is 0 Å². The quantitative estimate of drug-likeness (QED) is 0.585. The van der Waals surface area contributed by atoms with Crippen molar-refractivity contribution in [3.8, 4) is 0 Å². The van der Waals surface area contributed by atoms with E-state index in [-0.39, 0.29) is 0 Å². The zero-order valence-corrected chi connectivity index (χ0v) is 5.61. The molecule has 0 amide bonds. The molecule has 1 unspecified atom stereocenters. The molecule has 0 aliphatic carbocycles. The van der Waals surface area contributed by atoms with Gasteiger partial charge in [-0.15, -0.1) is 0 Å². The lowest BCUT2D eigenvalue weighted by Gasteiger charge is -2.27. The van der Waals surface area contributed by atoms with Gasteiger partial charge in [0, 0.05) is 6.04 Å². The normalized spacial score (nSPS) is 27.4. The van der Waals surface area contributed by atoms with Crippen LogP contribution in [0.3, 0.4) is 0 Å². The van der Waals surface area contributed by atoms with Crippen molar-refractivity contribution in [2.45, 2.75) is 38.6 Å². The van der Waals surface area contributed by atoms with Crippen LogP contribution in [-0.2, 0) is 0 Å². The zero-order chi connectivity index (χ0) is 5.82. The Morgan fingerprint density at radius 2 is 2.38 bits per heavy atom. The second kappa shape index (κ2) is 3.08. The molecule has 0 bridgehead atoms. The largest absolute Gasteiger partial charge is 0.314 e. The maximum atomic E-state index is 3.38. The summed E-state index contributed by atoms with van der Waals surface area (Å²) in [5, 5.41) is 3.38. The highest BCUT2D eigenvalue weighted by molar-refractivity contribution is 4.76. The van der Waals surface area contributed by atoms with Gasteiger partial charge in [-0.05, 0) is 19.4 Å². The first kappa shape index (κ1) is 6.09. The van der Waals surface area contributed by atoms with E-state index >= 15 is 0 Å². The van der Waals surface area contributed by atoms with E-state index in [0.717, 1.165) is 6.04 Å². The molecule has 1 heteroatoms. The van der Waals surface area contributed by atoms with Gasteiger partial charge in [-0.3, -0.25) is 0 Å². The van der Waals surface area contributed by atoms with Crippen LogP contribution in [0.1, 0.15) is 32.6 Å². The molecule has 1 rings (SSSR count). The Morgan fingerprint density at radius 1 is 1.62 bits per heavy atom. The Labute approximate surface area is 51.5 Å². The highest BCUT2D eigenvalue weighted by atomic mass is 15.0. The first-order valence-corrected chi connectivity index (χ1v) is 3.67. The molecule has 1 fully saturated rings. The van der Waals surface area contributed by atoms with Gasteiger partial charge in [0.05, 0.1) is 0 Å². The zero-order valence-electron chi connectivity index (χ0n) is 5.61. The van der Waals surface area contributed by atoms with Gasteiger partial charge in [-0.1, -0.05) is 19.8 Å². The first-order valence-electron chi connectivity index (χ1n) is 3.67. The minimum Gasteiger partial charge on any atom is -0.314 e. The van der Waals surface area contributed by atoms with Crippen LogP contribution >= 0.6 is 0 Å². The molecule has 0 aromatic heterocycles. The molecule has 1 nitrogen and oxygen atoms in total. The highest BCUT2D eigenvalue weighted by Crippen LogP contribution is 2.09. The van der Waals surface area contributed by atoms with Crippen molar-refractivity contribution in [3.63, 3.8) is 0 Å². The summed E-state index contributed by atoms with van der Waals surface area (Å²) in [6.45, 7) is 3.51. The Hall–Kier alpha value is -0.0400.